The number of nitrogens with zero attached hydrogens (tertiary/aromatic N) is 1. The molecule has 0 saturated heterocycles. The molecule has 3 heteroatoms. The van der Waals surface area contributed by atoms with Gasteiger partial charge in [-0.15, -0.1) is 0 Å². The molecule has 0 bridgehead atoms. The average molecular weight is 154 g/mol. The van der Waals surface area contributed by atoms with Crippen LogP contribution in [0.3, 0.4) is 0 Å². The summed E-state index contributed by atoms with van der Waals surface area (Å²) in [6.45, 7) is 2.94. The van der Waals surface area contributed by atoms with Crippen molar-refractivity contribution in [3.8, 4) is 0 Å². The summed E-state index contributed by atoms with van der Waals surface area (Å²) in [6.07, 6.45) is 2.25. The molecule has 0 fully saturated rings. The summed E-state index contributed by atoms with van der Waals surface area (Å²) < 4.78 is 12.3. The Morgan fingerprint density at radius 2 is 2.36 bits per heavy atom. The fourth-order valence-electron chi connectivity index (χ4n) is 0.733. The molecule has 11 heavy (non-hydrogen) atoms. The Morgan fingerprint density at radius 1 is 1.55 bits per heavy atom. The molecule has 2 nitrogen and oxygen atoms in total. The van der Waals surface area contributed by atoms with Crippen LogP contribution in [-0.4, -0.2) is 11.5 Å². The zero-order chi connectivity index (χ0) is 8.10. The van der Waals surface area contributed by atoms with E-state index in [1.807, 2.05) is 0 Å². The van der Waals surface area contributed by atoms with Gasteiger partial charge in [-0.3, -0.25) is 0 Å². The molecule has 0 saturated carbocycles. The Bertz CT molecular complexity index is 208. The summed E-state index contributed by atoms with van der Waals surface area (Å²) in [5.41, 5.74) is 0. The zero-order valence-corrected chi connectivity index (χ0v) is 6.47. The molecule has 1 heterocycles. The molecule has 60 valence electrons. The molecule has 0 unspecified atom stereocenters. The van der Waals surface area contributed by atoms with E-state index in [1.54, 1.807) is 6.07 Å². The lowest BCUT2D eigenvalue weighted by Gasteiger charge is -2.01. The van der Waals surface area contributed by atoms with E-state index in [4.69, 9.17) is 0 Å². The second-order valence-electron chi connectivity index (χ2n) is 2.29. The van der Waals surface area contributed by atoms with Crippen molar-refractivity contribution in [1.82, 2.24) is 4.98 Å². The van der Waals surface area contributed by atoms with Gasteiger partial charge in [-0.05, 0) is 18.6 Å². The summed E-state index contributed by atoms with van der Waals surface area (Å²) in [5, 5.41) is 3.04. The summed E-state index contributed by atoms with van der Waals surface area (Å²) in [4.78, 5) is 3.83. The number of hydrogen-bond acceptors (Lipinski definition) is 2. The minimum atomic E-state index is -0.299. The summed E-state index contributed by atoms with van der Waals surface area (Å²) in [6, 6.07) is 3.02. The maximum Gasteiger partial charge on any atom is 0.141 e. The lowest BCUT2D eigenvalue weighted by atomic mass is 10.4. The van der Waals surface area contributed by atoms with Gasteiger partial charge in [0.05, 0.1) is 6.20 Å². The Kier molecular flexibility index (Phi) is 2.83. The van der Waals surface area contributed by atoms with E-state index in [1.165, 1.54) is 12.3 Å². The fraction of sp³-hybridized carbons (Fsp3) is 0.375. The first-order valence-electron chi connectivity index (χ1n) is 3.68. The van der Waals surface area contributed by atoms with Crippen LogP contribution in [0.4, 0.5) is 10.2 Å². The number of hydrogen-bond donors (Lipinski definition) is 1. The molecule has 0 aliphatic rings. The molecular formula is C8H11FN2. The van der Waals surface area contributed by atoms with E-state index >= 15 is 0 Å². The second-order valence-corrected chi connectivity index (χ2v) is 2.29. The highest BCUT2D eigenvalue weighted by Crippen LogP contribution is 2.02. The molecular weight excluding hydrogens is 143 g/mol. The number of anilines is 1. The third-order valence-electron chi connectivity index (χ3n) is 1.28. The highest BCUT2D eigenvalue weighted by Gasteiger charge is 1.91. The van der Waals surface area contributed by atoms with Crippen LogP contribution in [0.1, 0.15) is 13.3 Å². The Labute approximate surface area is 65.5 Å². The number of aromatic nitrogens is 1. The minimum absolute atomic E-state index is 0.299. The van der Waals surface area contributed by atoms with Gasteiger partial charge in [-0.2, -0.15) is 0 Å². The molecule has 0 atom stereocenters. The molecule has 0 aliphatic carbocycles. The van der Waals surface area contributed by atoms with Crippen LogP contribution in [-0.2, 0) is 0 Å². The van der Waals surface area contributed by atoms with Gasteiger partial charge in [0.15, 0.2) is 0 Å². The smallest absolute Gasteiger partial charge is 0.141 e. The van der Waals surface area contributed by atoms with Crippen LogP contribution in [0.5, 0.6) is 0 Å². The summed E-state index contributed by atoms with van der Waals surface area (Å²) in [7, 11) is 0. The standard InChI is InChI=1S/C8H11FN2/c1-2-5-10-8-4-3-7(9)6-11-8/h3-4,6H,2,5H2,1H3,(H,10,11). The molecule has 0 radical (unpaired) electrons. The van der Waals surface area contributed by atoms with Gasteiger partial charge >= 0.3 is 0 Å². The van der Waals surface area contributed by atoms with Crippen molar-refractivity contribution in [3.63, 3.8) is 0 Å². The minimum Gasteiger partial charge on any atom is -0.370 e. The molecule has 0 aliphatic heterocycles. The highest BCUT2D eigenvalue weighted by molar-refractivity contribution is 5.33. The lowest BCUT2D eigenvalue weighted by molar-refractivity contribution is 0.621. The van der Waals surface area contributed by atoms with E-state index in [2.05, 4.69) is 17.2 Å². The largest absolute Gasteiger partial charge is 0.370 e. The van der Waals surface area contributed by atoms with Crippen LogP contribution >= 0.6 is 0 Å². The van der Waals surface area contributed by atoms with Crippen molar-refractivity contribution < 1.29 is 4.39 Å². The van der Waals surface area contributed by atoms with Crippen LogP contribution in [0.25, 0.3) is 0 Å². The lowest BCUT2D eigenvalue weighted by Crippen LogP contribution is -2.01. The third-order valence-corrected chi connectivity index (χ3v) is 1.28. The van der Waals surface area contributed by atoms with Gasteiger partial charge in [-0.1, -0.05) is 6.92 Å². The molecule has 0 spiro atoms. The van der Waals surface area contributed by atoms with Crippen LogP contribution < -0.4 is 5.32 Å². The van der Waals surface area contributed by atoms with E-state index in [0.717, 1.165) is 18.8 Å². The highest BCUT2D eigenvalue weighted by atomic mass is 19.1. The van der Waals surface area contributed by atoms with Crippen molar-refractivity contribution >= 4 is 5.82 Å². The van der Waals surface area contributed by atoms with Crippen molar-refractivity contribution in [2.45, 2.75) is 13.3 Å². The third kappa shape index (κ3) is 2.53. The first kappa shape index (κ1) is 7.98. The Hall–Kier alpha value is -1.12. The van der Waals surface area contributed by atoms with E-state index in [9.17, 15) is 4.39 Å². The van der Waals surface area contributed by atoms with Crippen molar-refractivity contribution in [1.29, 1.82) is 0 Å². The average Bonchev–Trinajstić information content (AvgIpc) is 2.04. The number of rotatable bonds is 3. The van der Waals surface area contributed by atoms with Crippen LogP contribution in [0.2, 0.25) is 0 Å². The van der Waals surface area contributed by atoms with E-state index in [-0.39, 0.29) is 5.82 Å². The number of pyridine rings is 1. The van der Waals surface area contributed by atoms with E-state index in [0.29, 0.717) is 0 Å². The molecule has 1 aromatic heterocycles. The monoisotopic (exact) mass is 154 g/mol. The van der Waals surface area contributed by atoms with Crippen LogP contribution in [0, 0.1) is 5.82 Å². The Morgan fingerprint density at radius 3 is 2.91 bits per heavy atom. The van der Waals surface area contributed by atoms with Gasteiger partial charge in [0.25, 0.3) is 0 Å². The summed E-state index contributed by atoms with van der Waals surface area (Å²) >= 11 is 0. The van der Waals surface area contributed by atoms with Crippen molar-refractivity contribution in [2.75, 3.05) is 11.9 Å². The fourth-order valence-corrected chi connectivity index (χ4v) is 0.733. The van der Waals surface area contributed by atoms with Gasteiger partial charge in [0, 0.05) is 6.54 Å². The number of nitrogens with one attached hydrogen (secondary N) is 1. The first-order chi connectivity index (χ1) is 5.33. The molecule has 1 aromatic rings. The molecule has 1 N–H and O–H groups in total. The normalized spacial score (nSPS) is 9.64. The number of halogens is 1. The van der Waals surface area contributed by atoms with Crippen LogP contribution in [0.15, 0.2) is 18.3 Å². The maximum absolute atomic E-state index is 12.3. The van der Waals surface area contributed by atoms with Gasteiger partial charge in [0.2, 0.25) is 0 Å². The zero-order valence-electron chi connectivity index (χ0n) is 6.47. The van der Waals surface area contributed by atoms with Gasteiger partial charge in [0.1, 0.15) is 11.6 Å². The van der Waals surface area contributed by atoms with Gasteiger partial charge in [-0.25, -0.2) is 9.37 Å². The maximum atomic E-state index is 12.3. The molecule has 0 aromatic carbocycles. The first-order valence-corrected chi connectivity index (χ1v) is 3.68. The topological polar surface area (TPSA) is 24.9 Å². The Balaban J connectivity index is 2.52. The van der Waals surface area contributed by atoms with Crippen molar-refractivity contribution in [3.05, 3.63) is 24.1 Å². The van der Waals surface area contributed by atoms with Gasteiger partial charge < -0.3 is 5.32 Å². The molecule has 0 amide bonds. The predicted octanol–water partition coefficient (Wildman–Crippen LogP) is 2.04. The SMILES string of the molecule is CCCNc1ccc(F)cn1. The molecule has 1 rings (SSSR count). The van der Waals surface area contributed by atoms with Crippen molar-refractivity contribution in [2.24, 2.45) is 0 Å². The predicted molar refractivity (Wildman–Crippen MR) is 43.0 cm³/mol. The summed E-state index contributed by atoms with van der Waals surface area (Å²) in [5.74, 6) is 0.431. The quantitative estimate of drug-likeness (QED) is 0.720. The second kappa shape index (κ2) is 3.91. The van der Waals surface area contributed by atoms with E-state index < -0.39 is 0 Å².